The maximum atomic E-state index is 11.2. The van der Waals surface area contributed by atoms with Gasteiger partial charge in [-0.1, -0.05) is 0 Å². The van der Waals surface area contributed by atoms with Crippen molar-refractivity contribution in [2.75, 3.05) is 13.2 Å². The van der Waals surface area contributed by atoms with Crippen molar-refractivity contribution in [2.24, 2.45) is 5.92 Å². The van der Waals surface area contributed by atoms with Crippen LogP contribution in [0.5, 0.6) is 0 Å². The van der Waals surface area contributed by atoms with Gasteiger partial charge in [-0.05, 0) is 32.7 Å². The van der Waals surface area contributed by atoms with Crippen LogP contribution < -0.4 is 5.32 Å². The minimum absolute atomic E-state index is 0.00294. The average Bonchev–Trinajstić information content (AvgIpc) is 1.81. The van der Waals surface area contributed by atoms with Crippen molar-refractivity contribution in [3.63, 3.8) is 0 Å². The molecule has 68 valence electrons. The first-order valence-electron chi connectivity index (χ1n) is 4.67. The lowest BCUT2D eigenvalue weighted by molar-refractivity contribution is -0.156. The van der Waals surface area contributed by atoms with Gasteiger partial charge in [-0.3, -0.25) is 4.79 Å². The largest absolute Gasteiger partial charge is 0.466 e. The number of esters is 1. The van der Waals surface area contributed by atoms with Crippen molar-refractivity contribution in [3.8, 4) is 0 Å². The highest BCUT2D eigenvalue weighted by molar-refractivity contribution is 5.74. The van der Waals surface area contributed by atoms with Crippen LogP contribution in [-0.4, -0.2) is 24.7 Å². The van der Waals surface area contributed by atoms with Gasteiger partial charge < -0.3 is 10.1 Å². The van der Waals surface area contributed by atoms with Gasteiger partial charge >= 0.3 is 5.97 Å². The third-order valence-corrected chi connectivity index (χ3v) is 3.00. The van der Waals surface area contributed by atoms with Crippen LogP contribution in [0.2, 0.25) is 0 Å². The van der Waals surface area contributed by atoms with Crippen molar-refractivity contribution in [2.45, 2.75) is 31.7 Å². The molecule has 1 aliphatic carbocycles. The Morgan fingerprint density at radius 3 is 2.75 bits per heavy atom. The van der Waals surface area contributed by atoms with Crippen molar-refractivity contribution in [1.29, 1.82) is 0 Å². The first-order valence-corrected chi connectivity index (χ1v) is 4.67. The van der Waals surface area contributed by atoms with Crippen LogP contribution in [0.4, 0.5) is 0 Å². The molecule has 0 aromatic carbocycles. The summed E-state index contributed by atoms with van der Waals surface area (Å²) in [7, 11) is 0. The molecule has 2 rings (SSSR count). The fraction of sp³-hybridized carbons (Fsp3) is 0.889. The molecule has 2 fully saturated rings. The summed E-state index contributed by atoms with van der Waals surface area (Å²) in [5.74, 6) is 0.176. The first-order chi connectivity index (χ1) is 5.76. The van der Waals surface area contributed by atoms with Crippen LogP contribution in [0.1, 0.15) is 26.2 Å². The van der Waals surface area contributed by atoms with Gasteiger partial charge in [0.15, 0.2) is 0 Å². The van der Waals surface area contributed by atoms with Gasteiger partial charge in [0.05, 0.1) is 12.5 Å². The number of hydrogen-bond donors (Lipinski definition) is 1. The zero-order chi connectivity index (χ0) is 8.60. The van der Waals surface area contributed by atoms with E-state index < -0.39 is 0 Å². The number of carbonyl (C=O) groups is 1. The Kier molecular flexibility index (Phi) is 1.83. The number of nitrogens with one attached hydrogen (secondary N) is 1. The zero-order valence-corrected chi connectivity index (χ0v) is 7.43. The third-order valence-electron chi connectivity index (χ3n) is 3.00. The predicted molar refractivity (Wildman–Crippen MR) is 44.7 cm³/mol. The predicted octanol–water partition coefficient (Wildman–Crippen LogP) is 0.692. The summed E-state index contributed by atoms with van der Waals surface area (Å²) in [5.41, 5.74) is 0.345. The summed E-state index contributed by atoms with van der Waals surface area (Å²) in [6.07, 6.45) is 3.22. The van der Waals surface area contributed by atoms with Crippen molar-refractivity contribution in [1.82, 2.24) is 5.32 Å². The molecule has 3 heteroatoms. The SMILES string of the molecule is CCOC(=O)C1CC2(CCN2)C1. The van der Waals surface area contributed by atoms with Crippen molar-refractivity contribution < 1.29 is 9.53 Å². The molecule has 1 aliphatic heterocycles. The molecule has 1 saturated heterocycles. The van der Waals surface area contributed by atoms with Gasteiger partial charge in [0, 0.05) is 5.54 Å². The van der Waals surface area contributed by atoms with Gasteiger partial charge in [-0.15, -0.1) is 0 Å². The lowest BCUT2D eigenvalue weighted by Crippen LogP contribution is -2.65. The third kappa shape index (κ3) is 1.12. The fourth-order valence-corrected chi connectivity index (χ4v) is 2.14. The molecular formula is C9H15NO2. The Balaban J connectivity index is 1.76. The summed E-state index contributed by atoms with van der Waals surface area (Å²) in [5, 5.41) is 3.38. The van der Waals surface area contributed by atoms with Gasteiger partial charge in [0.25, 0.3) is 0 Å². The maximum Gasteiger partial charge on any atom is 0.309 e. The lowest BCUT2D eigenvalue weighted by atomic mass is 9.63. The van der Waals surface area contributed by atoms with Crippen LogP contribution in [-0.2, 0) is 9.53 Å². The van der Waals surface area contributed by atoms with Crippen LogP contribution >= 0.6 is 0 Å². The molecule has 12 heavy (non-hydrogen) atoms. The van der Waals surface area contributed by atoms with E-state index in [0.717, 1.165) is 19.4 Å². The second-order valence-corrected chi connectivity index (χ2v) is 3.81. The number of ether oxygens (including phenoxy) is 1. The van der Waals surface area contributed by atoms with E-state index in [1.807, 2.05) is 6.92 Å². The summed E-state index contributed by atoms with van der Waals surface area (Å²) in [6.45, 7) is 3.49. The summed E-state index contributed by atoms with van der Waals surface area (Å²) in [6, 6.07) is 0. The molecule has 0 atom stereocenters. The second-order valence-electron chi connectivity index (χ2n) is 3.81. The van der Waals surface area contributed by atoms with Crippen LogP contribution in [0, 0.1) is 5.92 Å². The molecule has 2 aliphatic rings. The Hall–Kier alpha value is -0.570. The van der Waals surface area contributed by atoms with E-state index in [1.54, 1.807) is 0 Å². The lowest BCUT2D eigenvalue weighted by Gasteiger charge is -2.53. The van der Waals surface area contributed by atoms with E-state index in [0.29, 0.717) is 12.1 Å². The monoisotopic (exact) mass is 169 g/mol. The number of hydrogen-bond acceptors (Lipinski definition) is 3. The highest BCUT2D eigenvalue weighted by atomic mass is 16.5. The Morgan fingerprint density at radius 2 is 2.33 bits per heavy atom. The molecule has 1 saturated carbocycles. The highest BCUT2D eigenvalue weighted by Gasteiger charge is 2.51. The normalized spacial score (nSPS) is 38.6. The molecule has 0 bridgehead atoms. The average molecular weight is 169 g/mol. The Labute approximate surface area is 72.5 Å². The molecule has 1 heterocycles. The van der Waals surface area contributed by atoms with Gasteiger partial charge in [-0.25, -0.2) is 0 Å². The van der Waals surface area contributed by atoms with Crippen LogP contribution in [0.3, 0.4) is 0 Å². The molecule has 0 unspecified atom stereocenters. The summed E-state index contributed by atoms with van der Waals surface area (Å²) >= 11 is 0. The molecule has 1 spiro atoms. The van der Waals surface area contributed by atoms with Crippen molar-refractivity contribution in [3.05, 3.63) is 0 Å². The number of rotatable bonds is 2. The molecule has 3 nitrogen and oxygen atoms in total. The maximum absolute atomic E-state index is 11.2. The van der Waals surface area contributed by atoms with E-state index in [9.17, 15) is 4.79 Å². The highest BCUT2D eigenvalue weighted by Crippen LogP contribution is 2.44. The van der Waals surface area contributed by atoms with Gasteiger partial charge in [-0.2, -0.15) is 0 Å². The van der Waals surface area contributed by atoms with Crippen LogP contribution in [0.25, 0.3) is 0 Å². The van der Waals surface area contributed by atoms with E-state index in [1.165, 1.54) is 6.42 Å². The Morgan fingerprint density at radius 1 is 1.67 bits per heavy atom. The standard InChI is InChI=1S/C9H15NO2/c1-2-12-8(11)7-5-9(6-7)3-4-10-9/h7,10H,2-6H2,1H3. The quantitative estimate of drug-likeness (QED) is 0.618. The second kappa shape index (κ2) is 2.73. The fourth-order valence-electron chi connectivity index (χ4n) is 2.14. The smallest absolute Gasteiger partial charge is 0.309 e. The zero-order valence-electron chi connectivity index (χ0n) is 7.43. The van der Waals surface area contributed by atoms with Gasteiger partial charge in [0.1, 0.15) is 0 Å². The molecule has 0 amide bonds. The topological polar surface area (TPSA) is 38.3 Å². The van der Waals surface area contributed by atoms with Gasteiger partial charge in [0.2, 0.25) is 0 Å². The number of carbonyl (C=O) groups excluding carboxylic acids is 1. The van der Waals surface area contributed by atoms with E-state index in [-0.39, 0.29) is 11.9 Å². The molecule has 1 N–H and O–H groups in total. The molecular weight excluding hydrogens is 154 g/mol. The molecule has 0 aromatic heterocycles. The molecule has 0 aromatic rings. The summed E-state index contributed by atoms with van der Waals surface area (Å²) < 4.78 is 4.94. The minimum Gasteiger partial charge on any atom is -0.466 e. The molecule has 0 radical (unpaired) electrons. The minimum atomic E-state index is -0.00294. The van der Waals surface area contributed by atoms with E-state index in [4.69, 9.17) is 4.74 Å². The first kappa shape index (κ1) is 8.05. The van der Waals surface area contributed by atoms with E-state index in [2.05, 4.69) is 5.32 Å². The Bertz CT molecular complexity index is 191. The van der Waals surface area contributed by atoms with Crippen LogP contribution in [0.15, 0.2) is 0 Å². The summed E-state index contributed by atoms with van der Waals surface area (Å²) in [4.78, 5) is 11.2. The van der Waals surface area contributed by atoms with E-state index >= 15 is 0 Å². The van der Waals surface area contributed by atoms with Crippen molar-refractivity contribution >= 4 is 5.97 Å².